The first kappa shape index (κ1) is 24.1. The Morgan fingerprint density at radius 1 is 1.20 bits per heavy atom. The van der Waals surface area contributed by atoms with Crippen molar-refractivity contribution in [2.75, 3.05) is 6.26 Å². The molecular formula is C24H24ClF2N3O4S. The molecule has 186 valence electrons. The molecule has 35 heavy (non-hydrogen) atoms. The molecule has 7 nitrogen and oxygen atoms in total. The SMILES string of the molecule is CC1C2C[C@H](C(=O)NC(c3cc(F)c(Cl)cc3F)C3CC3)N(C(=O)c3ccnc(S(C)(=O)=O)c3)C12. The van der Waals surface area contributed by atoms with Crippen LogP contribution in [0.25, 0.3) is 0 Å². The number of fused-ring (bicyclic) bond motifs is 1. The zero-order valence-electron chi connectivity index (χ0n) is 19.0. The molecule has 0 radical (unpaired) electrons. The van der Waals surface area contributed by atoms with Crippen molar-refractivity contribution in [3.63, 3.8) is 0 Å². The average Bonchev–Trinajstić information content (AvgIpc) is 3.70. The largest absolute Gasteiger partial charge is 0.347 e. The molecule has 1 aromatic carbocycles. The molecule has 0 spiro atoms. The van der Waals surface area contributed by atoms with Crippen LogP contribution in [0.15, 0.2) is 35.5 Å². The zero-order valence-corrected chi connectivity index (χ0v) is 20.6. The number of nitrogens with zero attached hydrogens (tertiary/aromatic N) is 2. The summed E-state index contributed by atoms with van der Waals surface area (Å²) < 4.78 is 52.6. The van der Waals surface area contributed by atoms with E-state index in [2.05, 4.69) is 10.3 Å². The van der Waals surface area contributed by atoms with Gasteiger partial charge in [0.05, 0.1) is 11.1 Å². The number of carbonyl (C=O) groups is 2. The van der Waals surface area contributed by atoms with Crippen molar-refractivity contribution >= 4 is 33.3 Å². The van der Waals surface area contributed by atoms with Crippen LogP contribution in [0.3, 0.4) is 0 Å². The molecule has 3 aliphatic rings. The fraction of sp³-hybridized carbons (Fsp3) is 0.458. The number of hydrogen-bond donors (Lipinski definition) is 1. The van der Waals surface area contributed by atoms with E-state index in [1.54, 1.807) is 0 Å². The highest BCUT2D eigenvalue weighted by molar-refractivity contribution is 7.90. The van der Waals surface area contributed by atoms with E-state index in [4.69, 9.17) is 11.6 Å². The summed E-state index contributed by atoms with van der Waals surface area (Å²) in [5.41, 5.74) is 0.159. The molecule has 2 amide bonds. The number of rotatable bonds is 6. The van der Waals surface area contributed by atoms with Gasteiger partial charge in [-0.25, -0.2) is 22.2 Å². The molecule has 3 fully saturated rings. The highest BCUT2D eigenvalue weighted by atomic mass is 35.5. The lowest BCUT2D eigenvalue weighted by Crippen LogP contribution is -2.49. The molecule has 11 heteroatoms. The van der Waals surface area contributed by atoms with Gasteiger partial charge < -0.3 is 10.2 Å². The molecule has 5 rings (SSSR count). The van der Waals surface area contributed by atoms with Crippen molar-refractivity contribution in [3.05, 3.63) is 58.2 Å². The maximum Gasteiger partial charge on any atom is 0.254 e. The van der Waals surface area contributed by atoms with Gasteiger partial charge in [0.2, 0.25) is 5.91 Å². The topological polar surface area (TPSA) is 96.4 Å². The monoisotopic (exact) mass is 523 g/mol. The van der Waals surface area contributed by atoms with Crippen molar-refractivity contribution in [2.45, 2.75) is 49.3 Å². The number of piperidine rings is 1. The van der Waals surface area contributed by atoms with Crippen LogP contribution < -0.4 is 5.32 Å². The smallest absolute Gasteiger partial charge is 0.254 e. The number of carbonyl (C=O) groups excluding carboxylic acids is 2. The first-order valence-corrected chi connectivity index (χ1v) is 13.7. The number of nitrogens with one attached hydrogen (secondary N) is 1. The summed E-state index contributed by atoms with van der Waals surface area (Å²) in [7, 11) is -3.62. The zero-order chi connectivity index (χ0) is 25.2. The third-order valence-corrected chi connectivity index (χ3v) is 8.60. The summed E-state index contributed by atoms with van der Waals surface area (Å²) in [6, 6.07) is 2.87. The van der Waals surface area contributed by atoms with Crippen LogP contribution in [0.1, 0.15) is 48.1 Å². The van der Waals surface area contributed by atoms with Gasteiger partial charge in [0.1, 0.15) is 17.7 Å². The number of halogens is 3. The maximum atomic E-state index is 14.7. The fourth-order valence-electron chi connectivity index (χ4n) is 5.22. The van der Waals surface area contributed by atoms with E-state index < -0.39 is 45.4 Å². The number of hydrogen-bond acceptors (Lipinski definition) is 5. The summed E-state index contributed by atoms with van der Waals surface area (Å²) >= 11 is 5.69. The highest BCUT2D eigenvalue weighted by Gasteiger charge is 2.61. The number of sulfone groups is 1. The third kappa shape index (κ3) is 4.42. The molecule has 1 N–H and O–H groups in total. The summed E-state index contributed by atoms with van der Waals surface area (Å²) in [6.45, 7) is 2.00. The van der Waals surface area contributed by atoms with Crippen LogP contribution in [-0.2, 0) is 14.6 Å². The summed E-state index contributed by atoms with van der Waals surface area (Å²) in [5, 5.41) is 2.30. The molecule has 2 saturated carbocycles. The van der Waals surface area contributed by atoms with Gasteiger partial charge in [-0.05, 0) is 61.3 Å². The summed E-state index contributed by atoms with van der Waals surface area (Å²) in [4.78, 5) is 32.2. The van der Waals surface area contributed by atoms with Crippen LogP contribution >= 0.6 is 11.6 Å². The fourth-order valence-corrected chi connectivity index (χ4v) is 5.97. The van der Waals surface area contributed by atoms with Crippen molar-refractivity contribution in [1.29, 1.82) is 0 Å². The Balaban J connectivity index is 1.41. The first-order chi connectivity index (χ1) is 16.5. The van der Waals surface area contributed by atoms with Gasteiger partial charge in [-0.15, -0.1) is 0 Å². The minimum atomic E-state index is -3.62. The third-order valence-electron chi connectivity index (χ3n) is 7.33. The maximum absolute atomic E-state index is 14.7. The lowest BCUT2D eigenvalue weighted by molar-refractivity contribution is -0.126. The Kier molecular flexibility index (Phi) is 5.87. The molecule has 2 aromatic rings. The van der Waals surface area contributed by atoms with Crippen LogP contribution in [0.5, 0.6) is 0 Å². The number of likely N-dealkylation sites (tertiary alicyclic amines) is 1. The van der Waals surface area contributed by atoms with E-state index in [1.165, 1.54) is 23.2 Å². The van der Waals surface area contributed by atoms with E-state index in [1.807, 2.05) is 6.92 Å². The molecular weight excluding hydrogens is 500 g/mol. The Bertz CT molecular complexity index is 1330. The van der Waals surface area contributed by atoms with Crippen molar-refractivity contribution in [1.82, 2.24) is 15.2 Å². The first-order valence-electron chi connectivity index (χ1n) is 11.4. The quantitative estimate of drug-likeness (QED) is 0.584. The second kappa shape index (κ2) is 8.51. The van der Waals surface area contributed by atoms with Crippen LogP contribution in [0.4, 0.5) is 8.78 Å². The van der Waals surface area contributed by atoms with E-state index in [0.29, 0.717) is 6.42 Å². The van der Waals surface area contributed by atoms with E-state index in [-0.39, 0.29) is 45.0 Å². The Hall–Kier alpha value is -2.59. The van der Waals surface area contributed by atoms with E-state index >= 15 is 0 Å². The number of aromatic nitrogens is 1. The van der Waals surface area contributed by atoms with Crippen LogP contribution in [0, 0.1) is 29.4 Å². The van der Waals surface area contributed by atoms with Gasteiger partial charge >= 0.3 is 0 Å². The lowest BCUT2D eigenvalue weighted by atomic mass is 10.00. The van der Waals surface area contributed by atoms with Crippen molar-refractivity contribution in [2.24, 2.45) is 17.8 Å². The van der Waals surface area contributed by atoms with Crippen molar-refractivity contribution < 1.29 is 26.8 Å². The van der Waals surface area contributed by atoms with Gasteiger partial charge in [-0.1, -0.05) is 18.5 Å². The van der Waals surface area contributed by atoms with Crippen LogP contribution in [0.2, 0.25) is 5.02 Å². The molecule has 5 atom stereocenters. The molecule has 1 saturated heterocycles. The Labute approximate surface area is 206 Å². The van der Waals surface area contributed by atoms with Gasteiger partial charge in [0.15, 0.2) is 14.9 Å². The average molecular weight is 524 g/mol. The molecule has 2 heterocycles. The molecule has 2 aliphatic carbocycles. The minimum Gasteiger partial charge on any atom is -0.347 e. The minimum absolute atomic E-state index is 0.0316. The Morgan fingerprint density at radius 2 is 1.91 bits per heavy atom. The van der Waals surface area contributed by atoms with Crippen molar-refractivity contribution in [3.8, 4) is 0 Å². The normalized spacial score (nSPS) is 26.3. The summed E-state index contributed by atoms with van der Waals surface area (Å²) in [6.07, 6.45) is 4.22. The van der Waals surface area contributed by atoms with Gasteiger partial charge in [0.25, 0.3) is 5.91 Å². The highest BCUT2D eigenvalue weighted by Crippen LogP contribution is 2.54. The number of amides is 2. The second-order valence-corrected chi connectivity index (χ2v) is 12.1. The van der Waals surface area contributed by atoms with E-state index in [0.717, 1.165) is 31.2 Å². The number of benzene rings is 1. The van der Waals surface area contributed by atoms with E-state index in [9.17, 15) is 26.8 Å². The van der Waals surface area contributed by atoms with Crippen LogP contribution in [-0.4, -0.2) is 48.5 Å². The summed E-state index contributed by atoms with van der Waals surface area (Å²) in [5.74, 6) is -2.05. The molecule has 1 aromatic heterocycles. The Morgan fingerprint density at radius 3 is 2.57 bits per heavy atom. The van der Waals surface area contributed by atoms with Gasteiger partial charge in [-0.3, -0.25) is 9.59 Å². The second-order valence-electron chi connectivity index (χ2n) is 9.74. The molecule has 0 bridgehead atoms. The predicted molar refractivity (Wildman–Crippen MR) is 123 cm³/mol. The molecule has 4 unspecified atom stereocenters. The number of pyridine rings is 1. The van der Waals surface area contributed by atoms with Gasteiger partial charge in [0, 0.05) is 29.6 Å². The standard InChI is InChI=1S/C24H24ClF2N3O4S/c1-11-14-9-19(30(22(11)14)24(32)13-5-6-28-20(7-13)35(2,33)34)23(31)29-21(12-3-4-12)15-8-18(27)16(25)10-17(15)26/h5-8,10-12,14,19,21-22H,3-4,9H2,1-2H3,(H,29,31)/t11?,14?,19-,21?,22?/m1/s1. The lowest BCUT2D eigenvalue weighted by Gasteiger charge is -2.30. The van der Waals surface area contributed by atoms with Gasteiger partial charge in [-0.2, -0.15) is 0 Å². The molecule has 1 aliphatic heterocycles. The predicted octanol–water partition coefficient (Wildman–Crippen LogP) is 3.53.